The Labute approximate surface area is 106 Å². The number of nitriles is 2. The second-order valence-corrected chi connectivity index (χ2v) is 4.18. The van der Waals surface area contributed by atoms with Gasteiger partial charge in [0.1, 0.15) is 11.8 Å². The second kappa shape index (κ2) is 5.44. The topological polar surface area (TPSA) is 79.8 Å². The highest BCUT2D eigenvalue weighted by Gasteiger charge is 2.22. The maximum atomic E-state index is 8.87. The molecule has 0 aromatic carbocycles. The molecule has 0 radical (unpaired) electrons. The third-order valence-electron chi connectivity index (χ3n) is 3.09. The van der Waals surface area contributed by atoms with Gasteiger partial charge in [-0.3, -0.25) is 4.90 Å². The maximum absolute atomic E-state index is 8.87. The first-order valence-electron chi connectivity index (χ1n) is 5.86. The van der Waals surface area contributed by atoms with Crippen LogP contribution in [0.25, 0.3) is 0 Å². The number of aromatic nitrogens is 2. The molecule has 0 aliphatic carbocycles. The molecule has 1 unspecified atom stereocenters. The number of hydrogen-bond donors (Lipinski definition) is 0. The quantitative estimate of drug-likeness (QED) is 0.746. The lowest BCUT2D eigenvalue weighted by atomic mass is 10.2. The average Bonchev–Trinajstić information content (AvgIpc) is 2.46. The molecule has 1 fully saturated rings. The molecule has 0 N–H and O–H groups in total. The van der Waals surface area contributed by atoms with Gasteiger partial charge in [0.25, 0.3) is 0 Å². The van der Waals surface area contributed by atoms with Crippen molar-refractivity contribution in [1.82, 2.24) is 14.9 Å². The van der Waals surface area contributed by atoms with Crippen LogP contribution in [-0.4, -0.2) is 47.1 Å². The molecule has 0 spiro atoms. The molecule has 6 nitrogen and oxygen atoms in total. The normalized spacial score (nSPS) is 17.8. The summed E-state index contributed by atoms with van der Waals surface area (Å²) in [5.41, 5.74) is 0.382. The van der Waals surface area contributed by atoms with Gasteiger partial charge in [0, 0.05) is 32.4 Å². The predicted molar refractivity (Wildman–Crippen MR) is 65.6 cm³/mol. The molecule has 92 valence electrons. The third-order valence-corrected chi connectivity index (χ3v) is 3.09. The van der Waals surface area contributed by atoms with Gasteiger partial charge in [-0.2, -0.15) is 10.5 Å². The smallest absolute Gasteiger partial charge is 0.226 e. The summed E-state index contributed by atoms with van der Waals surface area (Å²) in [6.07, 6.45) is 1.60. The average molecular weight is 242 g/mol. The molecule has 0 bridgehead atoms. The lowest BCUT2D eigenvalue weighted by molar-refractivity contribution is 0.230. The van der Waals surface area contributed by atoms with Crippen molar-refractivity contribution in [1.29, 1.82) is 10.5 Å². The molecule has 2 heterocycles. The number of rotatable bonds is 2. The molecular weight excluding hydrogens is 228 g/mol. The van der Waals surface area contributed by atoms with E-state index in [0.717, 1.165) is 26.2 Å². The monoisotopic (exact) mass is 242 g/mol. The minimum Gasteiger partial charge on any atom is -0.338 e. The van der Waals surface area contributed by atoms with Gasteiger partial charge in [0.15, 0.2) is 0 Å². The van der Waals surface area contributed by atoms with E-state index in [2.05, 4.69) is 20.9 Å². The van der Waals surface area contributed by atoms with Crippen LogP contribution in [0.2, 0.25) is 0 Å². The van der Waals surface area contributed by atoms with E-state index in [1.54, 1.807) is 12.3 Å². The lowest BCUT2D eigenvalue weighted by Gasteiger charge is -2.35. The summed E-state index contributed by atoms with van der Waals surface area (Å²) in [5, 5.41) is 17.7. The van der Waals surface area contributed by atoms with Gasteiger partial charge >= 0.3 is 0 Å². The number of anilines is 1. The first-order chi connectivity index (χ1) is 8.74. The van der Waals surface area contributed by atoms with E-state index < -0.39 is 0 Å². The Kier molecular flexibility index (Phi) is 3.71. The number of hydrogen-bond acceptors (Lipinski definition) is 6. The Morgan fingerprint density at radius 2 is 2.00 bits per heavy atom. The summed E-state index contributed by atoms with van der Waals surface area (Å²) in [4.78, 5) is 12.5. The van der Waals surface area contributed by atoms with E-state index in [9.17, 15) is 0 Å². The lowest BCUT2D eigenvalue weighted by Crippen LogP contribution is -2.49. The molecule has 0 amide bonds. The molecular formula is C12H14N6. The van der Waals surface area contributed by atoms with Crippen LogP contribution in [0.3, 0.4) is 0 Å². The minimum atomic E-state index is -0.0569. The number of nitrogens with zero attached hydrogens (tertiary/aromatic N) is 6. The van der Waals surface area contributed by atoms with Crippen LogP contribution in [0, 0.1) is 22.7 Å². The fourth-order valence-corrected chi connectivity index (χ4v) is 1.95. The molecule has 1 atom stereocenters. The van der Waals surface area contributed by atoms with E-state index in [-0.39, 0.29) is 6.04 Å². The molecule has 18 heavy (non-hydrogen) atoms. The van der Waals surface area contributed by atoms with Crippen LogP contribution < -0.4 is 4.90 Å². The zero-order valence-electron chi connectivity index (χ0n) is 10.2. The zero-order chi connectivity index (χ0) is 13.0. The fourth-order valence-electron chi connectivity index (χ4n) is 1.95. The van der Waals surface area contributed by atoms with E-state index in [1.165, 1.54) is 0 Å². The van der Waals surface area contributed by atoms with Crippen LogP contribution in [0.4, 0.5) is 5.95 Å². The highest BCUT2D eigenvalue weighted by atomic mass is 15.3. The molecule has 1 aliphatic rings. The van der Waals surface area contributed by atoms with E-state index >= 15 is 0 Å². The Balaban J connectivity index is 2.02. The van der Waals surface area contributed by atoms with Crippen molar-refractivity contribution in [2.24, 2.45) is 0 Å². The summed E-state index contributed by atoms with van der Waals surface area (Å²) in [5.74, 6) is 0.596. The highest BCUT2D eigenvalue weighted by molar-refractivity contribution is 5.34. The van der Waals surface area contributed by atoms with Crippen molar-refractivity contribution in [3.63, 3.8) is 0 Å². The second-order valence-electron chi connectivity index (χ2n) is 4.18. The van der Waals surface area contributed by atoms with Gasteiger partial charge in [-0.1, -0.05) is 0 Å². The van der Waals surface area contributed by atoms with Gasteiger partial charge in [-0.15, -0.1) is 0 Å². The van der Waals surface area contributed by atoms with Crippen molar-refractivity contribution >= 4 is 5.95 Å². The molecule has 1 saturated heterocycles. The summed E-state index contributed by atoms with van der Waals surface area (Å²) in [6, 6.07) is 5.79. The van der Waals surface area contributed by atoms with Crippen LogP contribution in [0.5, 0.6) is 0 Å². The van der Waals surface area contributed by atoms with Crippen molar-refractivity contribution in [3.8, 4) is 12.1 Å². The highest BCUT2D eigenvalue weighted by Crippen LogP contribution is 2.12. The van der Waals surface area contributed by atoms with Gasteiger partial charge in [0.05, 0.1) is 12.1 Å². The Hall–Kier alpha value is -2.18. The predicted octanol–water partition coefficient (Wildman–Crippen LogP) is 0.382. The van der Waals surface area contributed by atoms with Gasteiger partial charge in [-0.25, -0.2) is 9.97 Å². The number of piperazine rings is 1. The Morgan fingerprint density at radius 1 is 1.28 bits per heavy atom. The zero-order valence-corrected chi connectivity index (χ0v) is 10.2. The van der Waals surface area contributed by atoms with E-state index in [4.69, 9.17) is 10.5 Å². The van der Waals surface area contributed by atoms with Crippen LogP contribution in [-0.2, 0) is 0 Å². The molecule has 2 rings (SSSR count). The van der Waals surface area contributed by atoms with Crippen molar-refractivity contribution in [3.05, 3.63) is 18.0 Å². The van der Waals surface area contributed by atoms with Gasteiger partial charge < -0.3 is 4.90 Å². The standard InChI is InChI=1S/C12H14N6/c1-10(8-13)17-4-6-18(7-5-17)12-15-3-2-11(9-14)16-12/h2-3,10H,4-7H2,1H3. The van der Waals surface area contributed by atoms with E-state index in [0.29, 0.717) is 11.6 Å². The van der Waals surface area contributed by atoms with Crippen LogP contribution in [0.15, 0.2) is 12.3 Å². The minimum absolute atomic E-state index is 0.0569. The summed E-state index contributed by atoms with van der Waals surface area (Å²) >= 11 is 0. The van der Waals surface area contributed by atoms with Gasteiger partial charge in [-0.05, 0) is 13.0 Å². The maximum Gasteiger partial charge on any atom is 0.226 e. The third kappa shape index (κ3) is 2.55. The van der Waals surface area contributed by atoms with Crippen molar-refractivity contribution in [2.75, 3.05) is 31.1 Å². The fraction of sp³-hybridized carbons (Fsp3) is 0.500. The van der Waals surface area contributed by atoms with Crippen LogP contribution >= 0.6 is 0 Å². The first-order valence-corrected chi connectivity index (χ1v) is 5.86. The van der Waals surface area contributed by atoms with Crippen LogP contribution in [0.1, 0.15) is 12.6 Å². The van der Waals surface area contributed by atoms with E-state index in [1.807, 2.05) is 17.9 Å². The Morgan fingerprint density at radius 3 is 2.61 bits per heavy atom. The molecule has 6 heteroatoms. The first kappa shape index (κ1) is 12.3. The largest absolute Gasteiger partial charge is 0.338 e. The SMILES string of the molecule is CC(C#N)N1CCN(c2nccc(C#N)n2)CC1. The molecule has 0 saturated carbocycles. The van der Waals surface area contributed by atoms with Gasteiger partial charge in [0.2, 0.25) is 5.95 Å². The summed E-state index contributed by atoms with van der Waals surface area (Å²) < 4.78 is 0. The molecule has 1 aromatic rings. The molecule has 1 aromatic heterocycles. The van der Waals surface area contributed by atoms with Crippen molar-refractivity contribution in [2.45, 2.75) is 13.0 Å². The molecule has 1 aliphatic heterocycles. The summed E-state index contributed by atoms with van der Waals surface area (Å²) in [7, 11) is 0. The van der Waals surface area contributed by atoms with Crippen molar-refractivity contribution < 1.29 is 0 Å². The summed E-state index contributed by atoms with van der Waals surface area (Å²) in [6.45, 7) is 5.09. The Bertz CT molecular complexity index is 492.